The highest BCUT2D eigenvalue weighted by molar-refractivity contribution is 7.99. The summed E-state index contributed by atoms with van der Waals surface area (Å²) in [6.45, 7) is -0.625. The average molecular weight is 418 g/mol. The summed E-state index contributed by atoms with van der Waals surface area (Å²) in [6, 6.07) is 4.68. The van der Waals surface area contributed by atoms with Crippen molar-refractivity contribution < 1.29 is 27.2 Å². The van der Waals surface area contributed by atoms with Crippen LogP contribution in [0.4, 0.5) is 9.18 Å². The first-order chi connectivity index (χ1) is 12.9. The van der Waals surface area contributed by atoms with E-state index in [4.69, 9.17) is 4.28 Å². The van der Waals surface area contributed by atoms with Crippen LogP contribution in [-0.2, 0) is 27.1 Å². The fraction of sp³-hybridized carbons (Fsp3) is 0.286. The van der Waals surface area contributed by atoms with Gasteiger partial charge in [-0.1, -0.05) is 23.9 Å². The second kappa shape index (κ2) is 9.43. The third-order valence-corrected chi connectivity index (χ3v) is 5.04. The topological polar surface area (TPSA) is 122 Å². The summed E-state index contributed by atoms with van der Waals surface area (Å²) < 4.78 is 35.3. The fourth-order valence-electron chi connectivity index (χ4n) is 1.86. The molecule has 146 valence electrons. The third kappa shape index (κ3) is 4.81. The predicted octanol–water partition coefficient (Wildman–Crippen LogP) is 0.642. The van der Waals surface area contributed by atoms with E-state index in [-0.39, 0.29) is 21.4 Å². The molecule has 1 unspecified atom stereocenters. The Morgan fingerprint density at radius 2 is 2.07 bits per heavy atom. The van der Waals surface area contributed by atoms with Crippen molar-refractivity contribution >= 4 is 34.8 Å². The maximum absolute atomic E-state index is 12.3. The van der Waals surface area contributed by atoms with Crippen molar-refractivity contribution in [3.8, 4) is 0 Å². The monoisotopic (exact) mass is 418 g/mol. The first-order valence-electron chi connectivity index (χ1n) is 7.32. The van der Waals surface area contributed by atoms with E-state index >= 15 is 0 Å². The predicted molar refractivity (Wildman–Crippen MR) is 93.4 cm³/mol. The Balaban J connectivity index is 2.12. The Morgan fingerprint density at radius 3 is 2.74 bits per heavy atom. The molecule has 27 heavy (non-hydrogen) atoms. The van der Waals surface area contributed by atoms with Crippen molar-refractivity contribution in [2.45, 2.75) is 10.1 Å². The molecular formula is C14H15FN4O6S2. The maximum atomic E-state index is 12.3. The molecule has 0 fully saturated rings. The van der Waals surface area contributed by atoms with Crippen LogP contribution >= 0.6 is 11.8 Å². The van der Waals surface area contributed by atoms with Crippen LogP contribution in [0.5, 0.6) is 0 Å². The number of hydrogen-bond acceptors (Lipinski definition) is 8. The van der Waals surface area contributed by atoms with Crippen LogP contribution in [0, 0.1) is 0 Å². The van der Waals surface area contributed by atoms with Crippen LogP contribution in [-0.4, -0.2) is 50.1 Å². The molecule has 0 aliphatic heterocycles. The number of hydroxylamine groups is 1. The number of esters is 1. The van der Waals surface area contributed by atoms with Crippen molar-refractivity contribution in [1.29, 1.82) is 0 Å². The summed E-state index contributed by atoms with van der Waals surface area (Å²) in [7, 11) is 2.53. The summed E-state index contributed by atoms with van der Waals surface area (Å²) in [6.07, 6.45) is 0. The third-order valence-electron chi connectivity index (χ3n) is 3.12. The summed E-state index contributed by atoms with van der Waals surface area (Å²) in [5.74, 6) is -0.666. The van der Waals surface area contributed by atoms with Gasteiger partial charge < -0.3 is 4.74 Å². The molecule has 1 heterocycles. The van der Waals surface area contributed by atoms with E-state index in [1.165, 1.54) is 31.3 Å². The number of nitrogens with one attached hydrogen (secondary N) is 1. The highest BCUT2D eigenvalue weighted by Crippen LogP contribution is 2.15. The number of nitrogens with zero attached hydrogens (tertiary/aromatic N) is 3. The number of carbonyl (C=O) groups excluding carboxylic acids is 2. The zero-order chi connectivity index (χ0) is 20.0. The van der Waals surface area contributed by atoms with Gasteiger partial charge in [-0.3, -0.25) is 8.96 Å². The molecule has 1 aromatic carbocycles. The molecule has 1 N–H and O–H groups in total. The molecule has 0 saturated carbocycles. The highest BCUT2D eigenvalue weighted by atomic mass is 32.2. The Hall–Kier alpha value is -2.51. The first kappa shape index (κ1) is 20.8. The van der Waals surface area contributed by atoms with Gasteiger partial charge in [-0.2, -0.15) is 9.76 Å². The minimum Gasteiger partial charge on any atom is -0.465 e. The Kier molecular flexibility index (Phi) is 7.27. The smallest absolute Gasteiger partial charge is 0.371 e. The molecule has 0 bridgehead atoms. The molecule has 1 aromatic heterocycles. The number of halogens is 1. The molecule has 13 heteroatoms. The number of hydrogen-bond donors (Lipinski definition) is 1. The lowest BCUT2D eigenvalue weighted by Gasteiger charge is -2.07. The number of benzene rings is 1. The highest BCUT2D eigenvalue weighted by Gasteiger charge is 2.20. The van der Waals surface area contributed by atoms with E-state index in [9.17, 15) is 23.0 Å². The first-order valence-corrected chi connectivity index (χ1v) is 9.38. The van der Waals surface area contributed by atoms with Crippen LogP contribution in [0.1, 0.15) is 10.4 Å². The lowest BCUT2D eigenvalue weighted by molar-refractivity contribution is 0.0596. The number of methoxy groups -OCH3 is 1. The normalized spacial score (nSPS) is 11.8. The van der Waals surface area contributed by atoms with Gasteiger partial charge in [0.25, 0.3) is 0 Å². The van der Waals surface area contributed by atoms with Crippen molar-refractivity contribution in [1.82, 2.24) is 19.8 Å². The van der Waals surface area contributed by atoms with E-state index in [0.717, 1.165) is 23.4 Å². The van der Waals surface area contributed by atoms with Gasteiger partial charge in [-0.25, -0.2) is 18.6 Å². The summed E-state index contributed by atoms with van der Waals surface area (Å²) in [5.41, 5.74) is 1.03. The minimum absolute atomic E-state index is 0.00695. The van der Waals surface area contributed by atoms with E-state index in [1.807, 2.05) is 5.48 Å². The van der Waals surface area contributed by atoms with Crippen LogP contribution < -0.4 is 11.2 Å². The minimum atomic E-state index is -2.26. The average Bonchev–Trinajstić information content (AvgIpc) is 2.98. The molecule has 10 nitrogen and oxygen atoms in total. The lowest BCUT2D eigenvalue weighted by Crippen LogP contribution is -2.37. The largest absolute Gasteiger partial charge is 0.465 e. The number of aromatic nitrogens is 3. The van der Waals surface area contributed by atoms with Gasteiger partial charge in [-0.15, -0.1) is 9.78 Å². The van der Waals surface area contributed by atoms with Gasteiger partial charge in [0, 0.05) is 12.8 Å². The SMILES string of the molecule is COC(=O)c1ccccc1S(=O)ONC(=O)n1nc(SCCF)n(C)c1=O. The van der Waals surface area contributed by atoms with Crippen LogP contribution in [0.2, 0.25) is 0 Å². The summed E-state index contributed by atoms with van der Waals surface area (Å²) >= 11 is -1.31. The van der Waals surface area contributed by atoms with Crippen molar-refractivity contribution in [2.24, 2.45) is 7.05 Å². The Bertz CT molecular complexity index is 929. The number of alkyl halides is 1. The van der Waals surface area contributed by atoms with Crippen LogP contribution in [0.25, 0.3) is 0 Å². The second-order valence-corrected chi connectivity index (χ2v) is 6.92. The summed E-state index contributed by atoms with van der Waals surface area (Å²) in [4.78, 5) is 35.7. The van der Waals surface area contributed by atoms with E-state index in [0.29, 0.717) is 4.68 Å². The molecule has 1 atom stereocenters. The van der Waals surface area contributed by atoms with Gasteiger partial charge in [0.2, 0.25) is 11.1 Å². The molecule has 1 amide bonds. The van der Waals surface area contributed by atoms with Gasteiger partial charge in [0.15, 0.2) is 5.16 Å². The molecular weight excluding hydrogens is 403 g/mol. The standard InChI is InChI=1S/C14H15FN4O6S2/c1-18-13(26-8-7-15)16-19(14(18)22)12(21)17-25-27(23)10-6-4-3-5-9(10)11(20)24-2/h3-6H,7-8H2,1-2H3,(H,17,21). The molecule has 0 aliphatic carbocycles. The number of thioether (sulfide) groups is 1. The van der Waals surface area contributed by atoms with Crippen molar-refractivity contribution in [3.63, 3.8) is 0 Å². The van der Waals surface area contributed by atoms with E-state index in [2.05, 4.69) is 9.84 Å². The molecule has 2 aromatic rings. The number of rotatable bonds is 7. The van der Waals surface area contributed by atoms with Gasteiger partial charge in [0.1, 0.15) is 0 Å². The quantitative estimate of drug-likeness (QED) is 0.395. The molecule has 0 saturated heterocycles. The van der Waals surface area contributed by atoms with Gasteiger partial charge >= 0.3 is 17.7 Å². The number of amides is 1. The van der Waals surface area contributed by atoms with E-state index in [1.54, 1.807) is 0 Å². The molecule has 2 rings (SSSR count). The van der Waals surface area contributed by atoms with Crippen LogP contribution in [0.3, 0.4) is 0 Å². The lowest BCUT2D eigenvalue weighted by atomic mass is 10.2. The summed E-state index contributed by atoms with van der Waals surface area (Å²) in [5, 5.41) is 3.88. The van der Waals surface area contributed by atoms with E-state index < -0.39 is 35.4 Å². The van der Waals surface area contributed by atoms with Gasteiger partial charge in [0.05, 0.1) is 24.2 Å². The molecule has 0 aliphatic rings. The molecule has 0 radical (unpaired) electrons. The number of ether oxygens (including phenoxy) is 1. The Labute approximate surface area is 159 Å². The van der Waals surface area contributed by atoms with Gasteiger partial charge in [-0.05, 0) is 12.1 Å². The number of carbonyl (C=O) groups is 2. The Morgan fingerprint density at radius 1 is 1.37 bits per heavy atom. The zero-order valence-corrected chi connectivity index (χ0v) is 15.8. The zero-order valence-electron chi connectivity index (χ0n) is 14.2. The van der Waals surface area contributed by atoms with Crippen LogP contribution in [0.15, 0.2) is 39.1 Å². The maximum Gasteiger partial charge on any atom is 0.371 e. The molecule has 0 spiro atoms. The van der Waals surface area contributed by atoms with Crippen molar-refractivity contribution in [3.05, 3.63) is 40.3 Å². The second-order valence-electron chi connectivity index (χ2n) is 4.79. The van der Waals surface area contributed by atoms with Crippen molar-refractivity contribution in [2.75, 3.05) is 19.5 Å². The fourth-order valence-corrected chi connectivity index (χ4v) is 3.29.